The Kier molecular flexibility index (Phi) is 14.4. The van der Waals surface area contributed by atoms with Crippen molar-refractivity contribution in [2.75, 3.05) is 67.5 Å². The summed E-state index contributed by atoms with van der Waals surface area (Å²) in [6.07, 6.45) is -2.36. The third-order valence-corrected chi connectivity index (χ3v) is 11.8. The maximum absolute atomic E-state index is 14.4. The summed E-state index contributed by atoms with van der Waals surface area (Å²) in [6, 6.07) is 6.62. The van der Waals surface area contributed by atoms with Crippen LogP contribution in [0.4, 0.5) is 0 Å². The molecule has 1 N–H and O–H groups in total. The number of hydrogen-bond donors (Lipinski definition) is 1. The molecule has 294 valence electrons. The summed E-state index contributed by atoms with van der Waals surface area (Å²) in [5.74, 6) is -1.72. The van der Waals surface area contributed by atoms with Crippen molar-refractivity contribution in [3.63, 3.8) is 0 Å². The zero-order valence-corrected chi connectivity index (χ0v) is 33.9. The van der Waals surface area contributed by atoms with E-state index in [1.54, 1.807) is 52.1 Å². The molecule has 52 heavy (non-hydrogen) atoms. The van der Waals surface area contributed by atoms with Gasteiger partial charge in [-0.25, -0.2) is 0 Å². The first-order valence-corrected chi connectivity index (χ1v) is 19.1. The van der Waals surface area contributed by atoms with Crippen LogP contribution in [-0.2, 0) is 28.5 Å². The van der Waals surface area contributed by atoms with Crippen LogP contribution < -0.4 is 0 Å². The van der Waals surface area contributed by atoms with Crippen molar-refractivity contribution < 1.29 is 38.4 Å². The number of amides is 1. The molecule has 1 aromatic carbocycles. The van der Waals surface area contributed by atoms with Crippen molar-refractivity contribution >= 4 is 29.3 Å². The average Bonchev–Trinajstić information content (AvgIpc) is 3.09. The van der Waals surface area contributed by atoms with Crippen LogP contribution in [0.15, 0.2) is 24.3 Å². The van der Waals surface area contributed by atoms with Crippen molar-refractivity contribution in [1.82, 2.24) is 19.6 Å². The third kappa shape index (κ3) is 9.73. The number of likely N-dealkylation sites (N-methyl/N-ethyl adjacent to an activating group) is 2. The number of piperazine rings is 1. The molecular formula is C39H63ClN4O8. The molecule has 1 amide bonds. The molecule has 0 aliphatic carbocycles. The van der Waals surface area contributed by atoms with E-state index < -0.39 is 47.5 Å². The summed E-state index contributed by atoms with van der Waals surface area (Å²) < 4.78 is 25.3. The molecule has 4 rings (SSSR count). The van der Waals surface area contributed by atoms with Gasteiger partial charge in [0, 0.05) is 68.9 Å². The van der Waals surface area contributed by atoms with Crippen molar-refractivity contribution in [1.29, 1.82) is 0 Å². The quantitative estimate of drug-likeness (QED) is 0.324. The fraction of sp³-hybridized carbons (Fsp3) is 0.769. The van der Waals surface area contributed by atoms with Gasteiger partial charge in [0.25, 0.3) is 5.91 Å². The molecule has 0 aromatic heterocycles. The minimum atomic E-state index is -1.50. The maximum atomic E-state index is 14.4. The summed E-state index contributed by atoms with van der Waals surface area (Å²) in [7, 11) is 7.48. The van der Waals surface area contributed by atoms with Crippen LogP contribution >= 0.6 is 11.6 Å². The first-order valence-electron chi connectivity index (χ1n) is 18.7. The molecule has 12 nitrogen and oxygen atoms in total. The maximum Gasteiger partial charge on any atom is 0.319 e. The Balaban J connectivity index is 1.57. The molecule has 0 unspecified atom stereocenters. The number of methoxy groups -OCH3 is 1. The predicted octanol–water partition coefficient (Wildman–Crippen LogP) is 3.82. The Bertz CT molecular complexity index is 1390. The Morgan fingerprint density at radius 3 is 2.33 bits per heavy atom. The smallest absolute Gasteiger partial charge is 0.319 e. The van der Waals surface area contributed by atoms with Crippen LogP contribution in [0.2, 0.25) is 5.02 Å². The average molecular weight is 751 g/mol. The molecule has 3 heterocycles. The zero-order chi connectivity index (χ0) is 38.7. The SMILES string of the molecule is CO[C@]1(C)C[C@@H](C)CN(C)[C@@H](CN2CCN(C(=O)c3cccc(Cl)c3)CC2)[C@H](C)OC(=O)C(C)(C)C(=O)[C@H](C)[C@H]1O[C@@H]1O[C@H](C)C[C@H](N(C)C)[C@H]1O. The lowest BCUT2D eigenvalue weighted by atomic mass is 9.74. The second-order valence-corrected chi connectivity index (χ2v) is 16.9. The van der Waals surface area contributed by atoms with Gasteiger partial charge in [0.2, 0.25) is 0 Å². The highest BCUT2D eigenvalue weighted by molar-refractivity contribution is 6.30. The van der Waals surface area contributed by atoms with E-state index in [1.165, 1.54) is 0 Å². The van der Waals surface area contributed by atoms with E-state index in [9.17, 15) is 19.5 Å². The summed E-state index contributed by atoms with van der Waals surface area (Å²) in [6.45, 7) is 16.6. The van der Waals surface area contributed by atoms with Gasteiger partial charge in [-0.2, -0.15) is 0 Å². The van der Waals surface area contributed by atoms with Crippen LogP contribution in [0.5, 0.6) is 0 Å². The van der Waals surface area contributed by atoms with Gasteiger partial charge in [-0.3, -0.25) is 24.2 Å². The Morgan fingerprint density at radius 1 is 1.08 bits per heavy atom. The number of halogens is 1. The van der Waals surface area contributed by atoms with Gasteiger partial charge >= 0.3 is 5.97 Å². The van der Waals surface area contributed by atoms with Gasteiger partial charge in [0.15, 0.2) is 12.1 Å². The summed E-state index contributed by atoms with van der Waals surface area (Å²) in [5.41, 5.74) is -1.90. The second-order valence-electron chi connectivity index (χ2n) is 16.5. The molecular weight excluding hydrogens is 688 g/mol. The van der Waals surface area contributed by atoms with E-state index in [0.29, 0.717) is 62.7 Å². The summed E-state index contributed by atoms with van der Waals surface area (Å²) >= 11 is 6.14. The van der Waals surface area contributed by atoms with Crippen molar-refractivity contribution in [2.45, 2.75) is 110 Å². The number of ketones is 1. The molecule has 10 atom stereocenters. The number of hydrogen-bond acceptors (Lipinski definition) is 11. The monoisotopic (exact) mass is 750 g/mol. The predicted molar refractivity (Wildman–Crippen MR) is 200 cm³/mol. The third-order valence-electron chi connectivity index (χ3n) is 11.5. The summed E-state index contributed by atoms with van der Waals surface area (Å²) in [4.78, 5) is 49.9. The van der Waals surface area contributed by atoms with Gasteiger partial charge in [-0.1, -0.05) is 31.5 Å². The van der Waals surface area contributed by atoms with E-state index in [0.717, 1.165) is 0 Å². The number of carbonyl (C=O) groups excluding carboxylic acids is 3. The number of nitrogens with zero attached hydrogens (tertiary/aromatic N) is 4. The lowest BCUT2D eigenvalue weighted by Crippen LogP contribution is -2.59. The molecule has 3 fully saturated rings. The van der Waals surface area contributed by atoms with Gasteiger partial charge in [0.1, 0.15) is 17.6 Å². The van der Waals surface area contributed by atoms with E-state index in [-0.39, 0.29) is 35.8 Å². The number of carbonyl (C=O) groups is 3. The second kappa shape index (κ2) is 17.5. The topological polar surface area (TPSA) is 121 Å². The van der Waals surface area contributed by atoms with Crippen molar-refractivity contribution in [3.05, 3.63) is 34.9 Å². The minimum Gasteiger partial charge on any atom is -0.460 e. The first-order chi connectivity index (χ1) is 24.3. The fourth-order valence-electron chi connectivity index (χ4n) is 8.34. The van der Waals surface area contributed by atoms with Crippen molar-refractivity contribution in [3.8, 4) is 0 Å². The lowest BCUT2D eigenvalue weighted by Gasteiger charge is -2.47. The zero-order valence-electron chi connectivity index (χ0n) is 33.1. The molecule has 0 saturated carbocycles. The van der Waals surface area contributed by atoms with E-state index >= 15 is 0 Å². The molecule has 3 aliphatic rings. The number of esters is 1. The molecule has 3 saturated heterocycles. The van der Waals surface area contributed by atoms with Gasteiger partial charge < -0.3 is 33.9 Å². The van der Waals surface area contributed by atoms with Crippen molar-refractivity contribution in [2.24, 2.45) is 17.3 Å². The van der Waals surface area contributed by atoms with E-state index in [4.69, 9.17) is 30.5 Å². The van der Waals surface area contributed by atoms with Crippen LogP contribution in [0, 0.1) is 17.3 Å². The van der Waals surface area contributed by atoms with E-state index in [1.807, 2.05) is 51.7 Å². The van der Waals surface area contributed by atoms with Crippen LogP contribution in [-0.4, -0.2) is 158 Å². The first kappa shape index (κ1) is 42.6. The molecule has 13 heteroatoms. The van der Waals surface area contributed by atoms with Gasteiger partial charge in [-0.15, -0.1) is 0 Å². The molecule has 0 bridgehead atoms. The number of Topliss-reactive ketones (excluding diaryl/α,β-unsaturated/α-hetero) is 1. The number of ether oxygens (including phenoxy) is 4. The van der Waals surface area contributed by atoms with Gasteiger partial charge in [0.05, 0.1) is 23.9 Å². The number of cyclic esters (lactones) is 1. The largest absolute Gasteiger partial charge is 0.460 e. The Morgan fingerprint density at radius 2 is 1.73 bits per heavy atom. The normalized spacial score (nSPS) is 36.1. The highest BCUT2D eigenvalue weighted by Crippen LogP contribution is 2.38. The molecule has 0 radical (unpaired) electrons. The Labute approximate surface area is 316 Å². The standard InChI is InChI=1S/C39H63ClN4O8/c1-24-21-39(7,49-11)34(52-36-32(45)30(41(8)9)19-25(2)50-36)26(3)33(46)38(5,6)37(48)51-27(4)31(42(10)22-24)23-43-15-17-44(18-16-43)35(47)28-13-12-14-29(40)20-28/h12-14,20,24-27,30-32,34,36,45H,15-19,21-23H2,1-11H3/t24-,25-,26+,27+,30+,31+,32-,34-,36+,39-/m1/s1. The van der Waals surface area contributed by atoms with Crippen LogP contribution in [0.25, 0.3) is 0 Å². The number of benzene rings is 1. The van der Waals surface area contributed by atoms with Crippen LogP contribution in [0.1, 0.15) is 71.7 Å². The molecule has 0 spiro atoms. The van der Waals surface area contributed by atoms with E-state index in [2.05, 4.69) is 16.7 Å². The summed E-state index contributed by atoms with van der Waals surface area (Å²) in [5, 5.41) is 11.9. The fourth-order valence-corrected chi connectivity index (χ4v) is 8.53. The molecule has 3 aliphatic heterocycles. The highest BCUT2D eigenvalue weighted by atomic mass is 35.5. The number of aliphatic hydroxyl groups is 1. The van der Waals surface area contributed by atoms with Gasteiger partial charge in [-0.05, 0) is 92.7 Å². The number of rotatable bonds is 7. The minimum absolute atomic E-state index is 0.0429. The number of aliphatic hydroxyl groups excluding tert-OH is 1. The molecule has 1 aromatic rings. The lowest BCUT2D eigenvalue weighted by molar-refractivity contribution is -0.295. The highest BCUT2D eigenvalue weighted by Gasteiger charge is 2.52. The van der Waals surface area contributed by atoms with Crippen LogP contribution in [0.3, 0.4) is 0 Å². The Hall–Kier alpha value is -2.16.